The number of nitrogens with zero attached hydrogens (tertiary/aromatic N) is 1. The van der Waals surface area contributed by atoms with E-state index in [1.807, 2.05) is 6.92 Å². The molecule has 2 amide bonds. The zero-order chi connectivity index (χ0) is 22.0. The molecule has 3 aromatic rings. The molecule has 10 heteroatoms. The topological polar surface area (TPSA) is 117 Å². The molecule has 3 N–H and O–H groups in total. The Bertz CT molecular complexity index is 1230. The highest BCUT2D eigenvalue weighted by atomic mass is 32.2. The number of hydrogen-bond acceptors (Lipinski definition) is 6. The van der Waals surface area contributed by atoms with Crippen LogP contribution in [0.15, 0.2) is 47.4 Å². The summed E-state index contributed by atoms with van der Waals surface area (Å²) in [6.45, 7) is 2.07. The fourth-order valence-corrected chi connectivity index (χ4v) is 5.03. The van der Waals surface area contributed by atoms with Crippen molar-refractivity contribution in [2.45, 2.75) is 24.7 Å². The molecule has 1 heterocycles. The van der Waals surface area contributed by atoms with E-state index in [0.717, 1.165) is 28.1 Å². The van der Waals surface area contributed by atoms with Crippen molar-refractivity contribution in [3.8, 4) is 0 Å². The molecular formula is C21H22N4O4S2. The van der Waals surface area contributed by atoms with Crippen LogP contribution in [0.1, 0.15) is 28.2 Å². The van der Waals surface area contributed by atoms with Gasteiger partial charge < -0.3 is 10.6 Å². The predicted octanol–water partition coefficient (Wildman–Crippen LogP) is 2.66. The van der Waals surface area contributed by atoms with Crippen LogP contribution < -0.4 is 15.4 Å². The Morgan fingerprint density at radius 2 is 1.84 bits per heavy atom. The molecule has 4 rings (SSSR count). The van der Waals surface area contributed by atoms with E-state index in [4.69, 9.17) is 0 Å². The zero-order valence-corrected chi connectivity index (χ0v) is 18.5. The first-order chi connectivity index (χ1) is 14.8. The molecule has 31 heavy (non-hydrogen) atoms. The van der Waals surface area contributed by atoms with Gasteiger partial charge >= 0.3 is 0 Å². The van der Waals surface area contributed by atoms with Crippen molar-refractivity contribution in [3.63, 3.8) is 0 Å². The zero-order valence-electron chi connectivity index (χ0n) is 16.8. The molecule has 0 atom stereocenters. The summed E-state index contributed by atoms with van der Waals surface area (Å²) in [4.78, 5) is 28.5. The summed E-state index contributed by atoms with van der Waals surface area (Å²) in [5.74, 6) is -0.199. The number of fused-ring (bicyclic) bond motifs is 1. The lowest BCUT2D eigenvalue weighted by atomic mass is 10.2. The minimum Gasteiger partial charge on any atom is -0.351 e. The van der Waals surface area contributed by atoms with Crippen LogP contribution in [0.25, 0.3) is 10.2 Å². The number of aryl methyl sites for hydroxylation is 1. The Kier molecular flexibility index (Phi) is 6.03. The van der Waals surface area contributed by atoms with E-state index in [9.17, 15) is 18.0 Å². The number of rotatable bonds is 8. The van der Waals surface area contributed by atoms with Crippen LogP contribution in [0.4, 0.5) is 5.69 Å². The number of thiazole rings is 1. The molecule has 162 valence electrons. The van der Waals surface area contributed by atoms with Crippen molar-refractivity contribution in [1.29, 1.82) is 0 Å². The van der Waals surface area contributed by atoms with Crippen LogP contribution in [0.3, 0.4) is 0 Å². The first-order valence-electron chi connectivity index (χ1n) is 9.88. The SMILES string of the molecule is Cc1nc2ccc(S(=O)(=O)NCCNC(=O)c3ccc(NC(=O)C4CC4)cc3)cc2s1. The highest BCUT2D eigenvalue weighted by Gasteiger charge is 2.29. The van der Waals surface area contributed by atoms with Crippen molar-refractivity contribution in [3.05, 3.63) is 53.0 Å². The second-order valence-corrected chi connectivity index (χ2v) is 10.4. The standard InChI is InChI=1S/C21H22N4O4S2/c1-13-24-18-9-8-17(12-19(18)30-13)31(28,29)23-11-10-22-20(26)14-4-6-16(7-5-14)25-21(27)15-2-3-15/h4-9,12,15,23H,2-3,10-11H2,1H3,(H,22,26)(H,25,27). The molecule has 0 unspecified atom stereocenters. The highest BCUT2D eigenvalue weighted by molar-refractivity contribution is 7.89. The Morgan fingerprint density at radius 1 is 1.10 bits per heavy atom. The van der Waals surface area contributed by atoms with Gasteiger partial charge in [-0.2, -0.15) is 0 Å². The second kappa shape index (κ2) is 8.74. The fraction of sp³-hybridized carbons (Fsp3) is 0.286. The van der Waals surface area contributed by atoms with E-state index in [2.05, 4.69) is 20.3 Å². The van der Waals surface area contributed by atoms with Crippen LogP contribution in [-0.4, -0.2) is 38.3 Å². The molecule has 8 nitrogen and oxygen atoms in total. The van der Waals surface area contributed by atoms with E-state index in [1.165, 1.54) is 17.4 Å². The van der Waals surface area contributed by atoms with Crippen molar-refractivity contribution >= 4 is 49.1 Å². The molecule has 0 radical (unpaired) electrons. The van der Waals surface area contributed by atoms with Gasteiger partial charge in [-0.15, -0.1) is 11.3 Å². The molecule has 1 saturated carbocycles. The second-order valence-electron chi connectivity index (χ2n) is 7.36. The molecule has 1 aromatic heterocycles. The monoisotopic (exact) mass is 458 g/mol. The van der Waals surface area contributed by atoms with Crippen LogP contribution in [-0.2, 0) is 14.8 Å². The fourth-order valence-electron chi connectivity index (χ4n) is 3.03. The van der Waals surface area contributed by atoms with Gasteiger partial charge in [-0.1, -0.05) is 0 Å². The Hall–Kier alpha value is -2.82. The predicted molar refractivity (Wildman–Crippen MR) is 120 cm³/mol. The average Bonchev–Trinajstić information content (AvgIpc) is 3.52. The number of carbonyl (C=O) groups is 2. The lowest BCUT2D eigenvalue weighted by molar-refractivity contribution is -0.117. The summed E-state index contributed by atoms with van der Waals surface area (Å²) >= 11 is 1.44. The number of benzene rings is 2. The van der Waals surface area contributed by atoms with Gasteiger partial charge in [0.25, 0.3) is 5.91 Å². The Balaban J connectivity index is 1.27. The van der Waals surface area contributed by atoms with E-state index in [1.54, 1.807) is 36.4 Å². The van der Waals surface area contributed by atoms with Gasteiger partial charge in [0.2, 0.25) is 15.9 Å². The molecule has 2 aromatic carbocycles. The van der Waals surface area contributed by atoms with Gasteiger partial charge in [-0.05, 0) is 62.2 Å². The molecule has 1 aliphatic carbocycles. The third-order valence-corrected chi connectivity index (χ3v) is 7.23. The molecule has 1 fully saturated rings. The summed E-state index contributed by atoms with van der Waals surface area (Å²) in [6.07, 6.45) is 1.85. The molecular weight excluding hydrogens is 436 g/mol. The summed E-state index contributed by atoms with van der Waals surface area (Å²) in [5.41, 5.74) is 1.85. The van der Waals surface area contributed by atoms with Crippen molar-refractivity contribution in [2.75, 3.05) is 18.4 Å². The summed E-state index contributed by atoms with van der Waals surface area (Å²) < 4.78 is 28.3. The average molecular weight is 459 g/mol. The first kappa shape index (κ1) is 21.4. The van der Waals surface area contributed by atoms with Crippen molar-refractivity contribution in [2.24, 2.45) is 5.92 Å². The number of anilines is 1. The third kappa shape index (κ3) is 5.27. The van der Waals surface area contributed by atoms with E-state index in [0.29, 0.717) is 11.3 Å². The van der Waals surface area contributed by atoms with Crippen LogP contribution in [0, 0.1) is 12.8 Å². The van der Waals surface area contributed by atoms with Crippen LogP contribution >= 0.6 is 11.3 Å². The molecule has 0 saturated heterocycles. The van der Waals surface area contributed by atoms with E-state index >= 15 is 0 Å². The molecule has 0 bridgehead atoms. The summed E-state index contributed by atoms with van der Waals surface area (Å²) in [6, 6.07) is 11.4. The molecule has 0 aliphatic heterocycles. The summed E-state index contributed by atoms with van der Waals surface area (Å²) in [5, 5.41) is 6.37. The number of aromatic nitrogens is 1. The Labute approximate surface area is 184 Å². The van der Waals surface area contributed by atoms with Gasteiger partial charge in [0, 0.05) is 30.3 Å². The van der Waals surface area contributed by atoms with Gasteiger partial charge in [-0.25, -0.2) is 18.1 Å². The highest BCUT2D eigenvalue weighted by Crippen LogP contribution is 2.30. The minimum absolute atomic E-state index is 0.00844. The number of sulfonamides is 1. The third-order valence-electron chi connectivity index (χ3n) is 4.84. The van der Waals surface area contributed by atoms with Crippen LogP contribution in [0.5, 0.6) is 0 Å². The first-order valence-corrected chi connectivity index (χ1v) is 12.2. The van der Waals surface area contributed by atoms with Gasteiger partial charge in [0.15, 0.2) is 0 Å². The largest absolute Gasteiger partial charge is 0.351 e. The lowest BCUT2D eigenvalue weighted by Gasteiger charge is -2.09. The minimum atomic E-state index is -3.69. The maximum absolute atomic E-state index is 12.5. The smallest absolute Gasteiger partial charge is 0.251 e. The number of amides is 2. The number of nitrogens with one attached hydrogen (secondary N) is 3. The normalized spacial score (nSPS) is 13.8. The van der Waals surface area contributed by atoms with Gasteiger partial charge in [-0.3, -0.25) is 9.59 Å². The van der Waals surface area contributed by atoms with E-state index < -0.39 is 10.0 Å². The van der Waals surface area contributed by atoms with Crippen LogP contribution in [0.2, 0.25) is 0 Å². The maximum atomic E-state index is 12.5. The summed E-state index contributed by atoms with van der Waals surface area (Å²) in [7, 11) is -3.69. The quantitative estimate of drug-likeness (QED) is 0.449. The Morgan fingerprint density at radius 3 is 2.55 bits per heavy atom. The lowest BCUT2D eigenvalue weighted by Crippen LogP contribution is -2.34. The maximum Gasteiger partial charge on any atom is 0.251 e. The number of carbonyl (C=O) groups excluding carboxylic acids is 2. The van der Waals surface area contributed by atoms with Gasteiger partial charge in [0.1, 0.15) is 0 Å². The van der Waals surface area contributed by atoms with Gasteiger partial charge in [0.05, 0.1) is 20.1 Å². The van der Waals surface area contributed by atoms with Crippen molar-refractivity contribution < 1.29 is 18.0 Å². The molecule has 1 aliphatic rings. The number of hydrogen-bond donors (Lipinski definition) is 3. The van der Waals surface area contributed by atoms with E-state index in [-0.39, 0.29) is 35.7 Å². The molecule has 0 spiro atoms. The van der Waals surface area contributed by atoms with Crippen molar-refractivity contribution in [1.82, 2.24) is 15.0 Å².